The van der Waals surface area contributed by atoms with E-state index in [0.29, 0.717) is 48.9 Å². The van der Waals surface area contributed by atoms with Crippen LogP contribution in [0.4, 0.5) is 0 Å². The number of fused-ring (bicyclic) bond motifs is 7. The number of ether oxygens (including phenoxy) is 8. The lowest BCUT2D eigenvalue weighted by molar-refractivity contribution is -0.361. The summed E-state index contributed by atoms with van der Waals surface area (Å²) >= 11 is 0. The monoisotopic (exact) mass is 856 g/mol. The van der Waals surface area contributed by atoms with E-state index in [1.54, 1.807) is 0 Å². The average Bonchev–Trinajstić information content (AvgIpc) is 3.67. The molecule has 17 heteroatoms. The predicted octanol–water partition coefficient (Wildman–Crippen LogP) is -0.276. The van der Waals surface area contributed by atoms with Gasteiger partial charge in [-0.15, -0.1) is 0 Å². The molecule has 5 aliphatic heterocycles. The van der Waals surface area contributed by atoms with Crippen molar-refractivity contribution in [2.45, 2.75) is 183 Å². The van der Waals surface area contributed by atoms with Gasteiger partial charge in [0.25, 0.3) is 0 Å². The summed E-state index contributed by atoms with van der Waals surface area (Å²) in [6, 6.07) is 0. The molecule has 342 valence electrons. The van der Waals surface area contributed by atoms with Gasteiger partial charge in [0.2, 0.25) is 0 Å². The Morgan fingerprint density at radius 1 is 0.700 bits per heavy atom. The Hall–Kier alpha value is -0.970. The van der Waals surface area contributed by atoms with Crippen molar-refractivity contribution >= 4 is 5.78 Å². The molecule has 8 N–H and O–H groups in total. The first-order valence-corrected chi connectivity index (χ1v) is 22.6. The summed E-state index contributed by atoms with van der Waals surface area (Å²) < 4.78 is 48.5. The Balaban J connectivity index is 0.871. The van der Waals surface area contributed by atoms with E-state index in [-0.39, 0.29) is 47.8 Å². The number of aliphatic hydroxyl groups excluding tert-OH is 8. The third-order valence-electron chi connectivity index (χ3n) is 17.3. The number of hydrogen-bond acceptors (Lipinski definition) is 17. The minimum Gasteiger partial charge on any atom is -0.388 e. The highest BCUT2D eigenvalue weighted by Gasteiger charge is 2.70. The van der Waals surface area contributed by atoms with Gasteiger partial charge in [-0.3, -0.25) is 4.79 Å². The van der Waals surface area contributed by atoms with Gasteiger partial charge in [0, 0.05) is 24.7 Å². The van der Waals surface area contributed by atoms with E-state index in [4.69, 9.17) is 37.9 Å². The van der Waals surface area contributed by atoms with Gasteiger partial charge in [-0.05, 0) is 85.4 Å². The van der Waals surface area contributed by atoms with Gasteiger partial charge in [0.15, 0.2) is 24.7 Å². The van der Waals surface area contributed by atoms with Crippen molar-refractivity contribution in [2.75, 3.05) is 26.4 Å². The Bertz CT molecular complexity index is 1550. The lowest BCUT2D eigenvalue weighted by Crippen LogP contribution is -2.64. The fourth-order valence-electron chi connectivity index (χ4n) is 13.8. The topological polar surface area (TPSA) is 253 Å². The highest BCUT2D eigenvalue weighted by Crippen LogP contribution is 2.71. The minimum atomic E-state index is -1.71. The summed E-state index contributed by atoms with van der Waals surface area (Å²) in [4.78, 5) is 14.4. The molecule has 5 heterocycles. The fourth-order valence-corrected chi connectivity index (χ4v) is 13.8. The second kappa shape index (κ2) is 16.5. The number of ketones is 1. The number of hydrogen-bond donors (Lipinski definition) is 8. The van der Waals surface area contributed by atoms with Gasteiger partial charge < -0.3 is 78.7 Å². The first-order valence-electron chi connectivity index (χ1n) is 22.6. The minimum absolute atomic E-state index is 0.0760. The summed E-state index contributed by atoms with van der Waals surface area (Å²) in [5, 5.41) is 84.3. The molecule has 17 nitrogen and oxygen atoms in total. The van der Waals surface area contributed by atoms with E-state index in [1.807, 2.05) is 0 Å². The summed E-state index contributed by atoms with van der Waals surface area (Å²) in [5.74, 6) is 1.79. The molecule has 9 rings (SSSR count). The molecule has 0 radical (unpaired) electrons. The van der Waals surface area contributed by atoms with Crippen LogP contribution < -0.4 is 0 Å². The van der Waals surface area contributed by atoms with Gasteiger partial charge in [0.1, 0.15) is 66.8 Å². The maximum Gasteiger partial charge on any atom is 0.186 e. The van der Waals surface area contributed by atoms with Crippen LogP contribution in [0.5, 0.6) is 0 Å². The van der Waals surface area contributed by atoms with Gasteiger partial charge >= 0.3 is 0 Å². The highest BCUT2D eigenvalue weighted by atomic mass is 16.8. The summed E-state index contributed by atoms with van der Waals surface area (Å²) in [6.45, 7) is 8.90. The molecule has 25 unspecified atom stereocenters. The molecule has 0 aromatic heterocycles. The molecule has 4 saturated carbocycles. The zero-order valence-electron chi connectivity index (χ0n) is 35.1. The lowest BCUT2D eigenvalue weighted by atomic mass is 9.44. The van der Waals surface area contributed by atoms with E-state index < -0.39 is 98.4 Å². The molecule has 60 heavy (non-hydrogen) atoms. The number of Topliss-reactive ketones (excluding diaryl/α,β-unsaturated/α-hetero) is 1. The van der Waals surface area contributed by atoms with Gasteiger partial charge in [-0.2, -0.15) is 0 Å². The molecule has 5 saturated heterocycles. The molecular formula is C43H68O17. The molecule has 0 aromatic rings. The third kappa shape index (κ3) is 7.26. The van der Waals surface area contributed by atoms with Crippen molar-refractivity contribution in [1.82, 2.24) is 0 Å². The zero-order chi connectivity index (χ0) is 42.6. The summed E-state index contributed by atoms with van der Waals surface area (Å²) in [5.41, 5.74) is -0.152. The van der Waals surface area contributed by atoms with E-state index in [2.05, 4.69) is 27.7 Å². The maximum absolute atomic E-state index is 14.4. The van der Waals surface area contributed by atoms with Crippen molar-refractivity contribution in [3.63, 3.8) is 0 Å². The first-order chi connectivity index (χ1) is 28.5. The molecule has 0 bridgehead atoms. The molecule has 9 aliphatic rings. The Morgan fingerprint density at radius 3 is 2.07 bits per heavy atom. The largest absolute Gasteiger partial charge is 0.388 e. The molecule has 25 atom stereocenters. The Labute approximate surface area is 350 Å². The second-order valence-electron chi connectivity index (χ2n) is 20.6. The van der Waals surface area contributed by atoms with E-state index in [1.165, 1.54) is 0 Å². The van der Waals surface area contributed by atoms with Gasteiger partial charge in [0.05, 0.1) is 38.6 Å². The normalized spacial score (nSPS) is 58.0. The van der Waals surface area contributed by atoms with E-state index >= 15 is 0 Å². The van der Waals surface area contributed by atoms with Crippen LogP contribution in [-0.4, -0.2) is 171 Å². The number of carbonyl (C=O) groups excluding carboxylic acids is 1. The molecular weight excluding hydrogens is 788 g/mol. The predicted molar refractivity (Wildman–Crippen MR) is 204 cm³/mol. The number of carbonyl (C=O) groups is 1. The van der Waals surface area contributed by atoms with Crippen LogP contribution in [0.15, 0.2) is 0 Å². The highest BCUT2D eigenvalue weighted by molar-refractivity contribution is 5.83. The van der Waals surface area contributed by atoms with Crippen LogP contribution in [0, 0.1) is 52.3 Å². The lowest BCUT2D eigenvalue weighted by Gasteiger charge is -2.60. The molecule has 1 spiro atoms. The summed E-state index contributed by atoms with van der Waals surface area (Å²) in [7, 11) is 0. The standard InChI is InChI=1S/C43H68O17/c1-18-5-10-43(56-14-18)19(2)30-28(60-43)13-23-21-12-25(44)24-11-20(6-8-41(24,3)22(21)7-9-42(23,30)4)57-40-36(52)33(49)37(59-39-35(51)32(48)27(46)16-54-39)29(58-40)17-55-38-34(50)31(47)26(45)15-53-38/h18-24,26-40,45-52H,5-17H2,1-4H3. The van der Waals surface area contributed by atoms with Crippen LogP contribution in [0.25, 0.3) is 0 Å². The van der Waals surface area contributed by atoms with Crippen molar-refractivity contribution in [3.05, 3.63) is 0 Å². The van der Waals surface area contributed by atoms with Crippen molar-refractivity contribution < 1.29 is 83.5 Å². The average molecular weight is 857 g/mol. The van der Waals surface area contributed by atoms with Crippen LogP contribution in [-0.2, 0) is 42.7 Å². The molecule has 0 aromatic carbocycles. The van der Waals surface area contributed by atoms with E-state index in [0.717, 1.165) is 45.1 Å². The van der Waals surface area contributed by atoms with Gasteiger partial charge in [-0.1, -0.05) is 27.7 Å². The quantitative estimate of drug-likeness (QED) is 0.153. The second-order valence-corrected chi connectivity index (χ2v) is 20.6. The van der Waals surface area contributed by atoms with Crippen LogP contribution in [0.3, 0.4) is 0 Å². The van der Waals surface area contributed by atoms with Crippen molar-refractivity contribution in [1.29, 1.82) is 0 Å². The fraction of sp³-hybridized carbons (Fsp3) is 0.977. The number of aliphatic hydroxyl groups is 8. The first kappa shape index (κ1) is 44.2. The zero-order valence-corrected chi connectivity index (χ0v) is 35.1. The molecule has 4 aliphatic carbocycles. The smallest absolute Gasteiger partial charge is 0.186 e. The van der Waals surface area contributed by atoms with Crippen molar-refractivity contribution in [2.24, 2.45) is 52.3 Å². The van der Waals surface area contributed by atoms with E-state index in [9.17, 15) is 45.6 Å². The van der Waals surface area contributed by atoms with Crippen LogP contribution in [0.1, 0.15) is 85.5 Å². The van der Waals surface area contributed by atoms with Crippen molar-refractivity contribution in [3.8, 4) is 0 Å². The van der Waals surface area contributed by atoms with Gasteiger partial charge in [-0.25, -0.2) is 0 Å². The Kier molecular flexibility index (Phi) is 12.1. The summed E-state index contributed by atoms with van der Waals surface area (Å²) in [6.07, 6.45) is -12.5. The SMILES string of the molecule is CC1CCC2(OC1)OC1CC3C4CC(=O)C5CC(OC6OC(COC7OCC(O)C(O)C7O)C(OC7OCC(O)C(O)C7O)C(O)C6O)CCC5(C)C4CCC3(C)C1C2C. The number of rotatable bonds is 7. The van der Waals surface area contributed by atoms with Crippen LogP contribution in [0.2, 0.25) is 0 Å². The van der Waals surface area contributed by atoms with Crippen LogP contribution >= 0.6 is 0 Å². The maximum atomic E-state index is 14.4. The molecule has 0 amide bonds. The third-order valence-corrected chi connectivity index (χ3v) is 17.3. The Morgan fingerprint density at radius 2 is 1.37 bits per heavy atom. The molecule has 9 fully saturated rings.